The molecule has 1 aliphatic rings. The summed E-state index contributed by atoms with van der Waals surface area (Å²) in [5, 5.41) is 18.3. The van der Waals surface area contributed by atoms with Crippen molar-refractivity contribution in [3.63, 3.8) is 0 Å². The minimum Gasteiger partial charge on any atom is -0.396 e. The van der Waals surface area contributed by atoms with Crippen LogP contribution in [0.4, 0.5) is 0 Å². The highest BCUT2D eigenvalue weighted by Gasteiger charge is 2.40. The van der Waals surface area contributed by atoms with Gasteiger partial charge < -0.3 is 5.11 Å². The zero-order valence-corrected chi connectivity index (χ0v) is 11.6. The van der Waals surface area contributed by atoms with Gasteiger partial charge in [0.1, 0.15) is 18.5 Å². The number of aliphatic hydroxyl groups excluding tert-OH is 1. The minimum absolute atomic E-state index is 0. The standard InChI is InChI=1S/C12H14N3O4P.CH4/c13-4-10-5-14-7-15-11(10)2-8-1-9(6-16)12(3-8)19-20(17)18;/h5,7-9,12,16H,1-3,6H2;1H4/p+1/t8-,9+,12-;/m0./s1. The van der Waals surface area contributed by atoms with Gasteiger partial charge in [0.15, 0.2) is 0 Å². The highest BCUT2D eigenvalue weighted by Crippen LogP contribution is 2.39. The monoisotopic (exact) mass is 312 g/mol. The molecule has 1 heterocycles. The highest BCUT2D eigenvalue weighted by molar-refractivity contribution is 7.32. The van der Waals surface area contributed by atoms with E-state index in [1.54, 1.807) is 0 Å². The van der Waals surface area contributed by atoms with Crippen molar-refractivity contribution in [2.24, 2.45) is 11.8 Å². The van der Waals surface area contributed by atoms with Gasteiger partial charge in [-0.1, -0.05) is 7.43 Å². The van der Waals surface area contributed by atoms with Crippen LogP contribution in [0, 0.1) is 23.2 Å². The Morgan fingerprint density at radius 2 is 2.29 bits per heavy atom. The van der Waals surface area contributed by atoms with Gasteiger partial charge in [0.2, 0.25) is 0 Å². The molecule has 0 spiro atoms. The third kappa shape index (κ3) is 4.51. The van der Waals surface area contributed by atoms with E-state index in [1.165, 1.54) is 12.5 Å². The second kappa shape index (κ2) is 8.11. The van der Waals surface area contributed by atoms with E-state index >= 15 is 0 Å². The van der Waals surface area contributed by atoms with Crippen LogP contribution in [0.3, 0.4) is 0 Å². The van der Waals surface area contributed by atoms with E-state index in [2.05, 4.69) is 9.97 Å². The average molecular weight is 312 g/mol. The quantitative estimate of drug-likeness (QED) is 0.793. The van der Waals surface area contributed by atoms with Gasteiger partial charge in [0.05, 0.1) is 11.3 Å². The summed E-state index contributed by atoms with van der Waals surface area (Å²) in [6.07, 6.45) is 4.27. The largest absolute Gasteiger partial charge is 0.695 e. The molecule has 1 aliphatic carbocycles. The summed E-state index contributed by atoms with van der Waals surface area (Å²) in [6.45, 7) is -0.0841. The first-order chi connectivity index (χ1) is 9.63. The molecule has 8 heteroatoms. The lowest BCUT2D eigenvalue weighted by Gasteiger charge is -2.09. The smallest absolute Gasteiger partial charge is 0.396 e. The number of nitrogens with zero attached hydrogens (tertiary/aromatic N) is 3. The maximum Gasteiger partial charge on any atom is 0.695 e. The number of aromatic nitrogens is 2. The van der Waals surface area contributed by atoms with E-state index in [0.29, 0.717) is 30.5 Å². The van der Waals surface area contributed by atoms with E-state index in [1.807, 2.05) is 6.07 Å². The Morgan fingerprint density at radius 3 is 2.90 bits per heavy atom. The molecule has 1 aromatic heterocycles. The fourth-order valence-corrected chi connectivity index (χ4v) is 3.18. The minimum atomic E-state index is -2.67. The lowest BCUT2D eigenvalue weighted by molar-refractivity contribution is 0.106. The van der Waals surface area contributed by atoms with Gasteiger partial charge in [-0.3, -0.25) is 0 Å². The predicted octanol–water partition coefficient (Wildman–Crippen LogP) is 1.58. The van der Waals surface area contributed by atoms with Crippen molar-refractivity contribution < 1.29 is 19.1 Å². The van der Waals surface area contributed by atoms with Crippen LogP contribution >= 0.6 is 8.25 Å². The predicted molar refractivity (Wildman–Crippen MR) is 75.2 cm³/mol. The Kier molecular flexibility index (Phi) is 6.79. The van der Waals surface area contributed by atoms with Gasteiger partial charge in [-0.15, -0.1) is 9.42 Å². The van der Waals surface area contributed by atoms with Crippen molar-refractivity contribution in [2.45, 2.75) is 32.8 Å². The van der Waals surface area contributed by atoms with E-state index in [-0.39, 0.29) is 25.9 Å². The van der Waals surface area contributed by atoms with E-state index in [0.717, 1.165) is 0 Å². The van der Waals surface area contributed by atoms with Crippen LogP contribution in [0.5, 0.6) is 0 Å². The number of nitriles is 1. The van der Waals surface area contributed by atoms with E-state index in [9.17, 15) is 9.67 Å². The van der Waals surface area contributed by atoms with Crippen molar-refractivity contribution in [2.75, 3.05) is 6.61 Å². The number of hydrogen-bond acceptors (Lipinski definition) is 6. The van der Waals surface area contributed by atoms with Crippen LogP contribution in [-0.2, 0) is 15.5 Å². The molecule has 1 aromatic rings. The highest BCUT2D eigenvalue weighted by atomic mass is 31.1. The maximum absolute atomic E-state index is 10.8. The number of hydrogen-bond donors (Lipinski definition) is 2. The van der Waals surface area contributed by atoms with E-state index < -0.39 is 14.4 Å². The zero-order chi connectivity index (χ0) is 14.5. The summed E-state index contributed by atoms with van der Waals surface area (Å²) < 4.78 is 15.7. The summed E-state index contributed by atoms with van der Waals surface area (Å²) in [5.41, 5.74) is 1.10. The van der Waals surface area contributed by atoms with Crippen LogP contribution in [0.2, 0.25) is 0 Å². The second-order valence-corrected chi connectivity index (χ2v) is 5.55. The van der Waals surface area contributed by atoms with Crippen LogP contribution < -0.4 is 0 Å². The van der Waals surface area contributed by atoms with Gasteiger partial charge >= 0.3 is 8.25 Å². The summed E-state index contributed by atoms with van der Waals surface area (Å²) in [6, 6.07) is 2.05. The Labute approximate surface area is 124 Å². The van der Waals surface area contributed by atoms with Gasteiger partial charge in [-0.05, 0) is 25.2 Å². The van der Waals surface area contributed by atoms with Gasteiger partial charge in [-0.25, -0.2) is 9.97 Å². The molecule has 0 amide bonds. The number of aliphatic hydroxyl groups is 1. The fourth-order valence-electron chi connectivity index (χ4n) is 2.69. The Hall–Kier alpha value is -1.45. The van der Waals surface area contributed by atoms with Crippen molar-refractivity contribution in [3.8, 4) is 6.07 Å². The van der Waals surface area contributed by atoms with Crippen LogP contribution in [0.15, 0.2) is 12.5 Å². The zero-order valence-electron chi connectivity index (χ0n) is 10.7. The average Bonchev–Trinajstić information content (AvgIpc) is 2.80. The molecule has 0 bridgehead atoms. The van der Waals surface area contributed by atoms with Crippen LogP contribution in [0.1, 0.15) is 31.5 Å². The molecule has 1 fully saturated rings. The lowest BCUT2D eigenvalue weighted by atomic mass is 9.98. The molecule has 1 saturated carbocycles. The van der Waals surface area contributed by atoms with Crippen molar-refractivity contribution in [1.29, 1.82) is 5.26 Å². The van der Waals surface area contributed by atoms with E-state index in [4.69, 9.17) is 14.7 Å². The summed E-state index contributed by atoms with van der Waals surface area (Å²) >= 11 is 0. The first kappa shape index (κ1) is 17.6. The van der Waals surface area contributed by atoms with Crippen LogP contribution in [-0.4, -0.2) is 32.7 Å². The Morgan fingerprint density at radius 1 is 1.52 bits per heavy atom. The molecule has 2 rings (SSSR count). The summed E-state index contributed by atoms with van der Waals surface area (Å²) in [4.78, 5) is 16.7. The van der Waals surface area contributed by atoms with Gasteiger partial charge in [0.25, 0.3) is 0 Å². The van der Waals surface area contributed by atoms with Crippen molar-refractivity contribution in [1.82, 2.24) is 9.97 Å². The molecule has 0 saturated heterocycles. The summed E-state index contributed by atoms with van der Waals surface area (Å²) in [7, 11) is -2.67. The van der Waals surface area contributed by atoms with Gasteiger partial charge in [0, 0.05) is 23.3 Å². The molecule has 4 atom stereocenters. The molecule has 0 radical (unpaired) electrons. The lowest BCUT2D eigenvalue weighted by Crippen LogP contribution is -2.18. The topological polar surface area (TPSA) is 116 Å². The second-order valence-electron chi connectivity index (χ2n) is 4.86. The van der Waals surface area contributed by atoms with Gasteiger partial charge in [-0.2, -0.15) is 5.26 Å². The van der Waals surface area contributed by atoms with Crippen molar-refractivity contribution >= 4 is 8.25 Å². The van der Waals surface area contributed by atoms with Crippen molar-refractivity contribution in [3.05, 3.63) is 23.8 Å². The number of rotatable bonds is 5. The Bertz CT molecular complexity index is 534. The molecule has 0 aliphatic heterocycles. The first-order valence-corrected chi connectivity index (χ1v) is 7.39. The molecule has 1 unspecified atom stereocenters. The van der Waals surface area contributed by atoms with Crippen LogP contribution in [0.25, 0.3) is 0 Å². The molecule has 21 heavy (non-hydrogen) atoms. The molecule has 2 N–H and O–H groups in total. The fraction of sp³-hybridized carbons (Fsp3) is 0.615. The molecule has 114 valence electrons. The summed E-state index contributed by atoms with van der Waals surface area (Å²) in [5.74, 6) is 0.00701. The molecular weight excluding hydrogens is 293 g/mol. The Balaban J connectivity index is 0.00000220. The first-order valence-electron chi connectivity index (χ1n) is 6.26. The molecule has 0 aromatic carbocycles. The normalized spacial score (nSPS) is 25.0. The molecular formula is C13H19N3O4P+. The molecule has 7 nitrogen and oxygen atoms in total. The third-order valence-corrected chi connectivity index (χ3v) is 4.04. The SMILES string of the molecule is C.N#Cc1cncnc1C[C@@H]1C[C@H](CO)[C@@H](O[P+](=O)O)C1. The third-order valence-electron chi connectivity index (χ3n) is 3.58. The maximum atomic E-state index is 10.8.